The Bertz CT molecular complexity index is 329. The number of ketones is 1. The van der Waals surface area contributed by atoms with Gasteiger partial charge in [-0.15, -0.1) is 0 Å². The van der Waals surface area contributed by atoms with Crippen LogP contribution < -0.4 is 0 Å². The highest BCUT2D eigenvalue weighted by atomic mass is 16.5. The molecule has 0 aromatic carbocycles. The van der Waals surface area contributed by atoms with Crippen molar-refractivity contribution in [3.05, 3.63) is 24.2 Å². The summed E-state index contributed by atoms with van der Waals surface area (Å²) in [6.07, 6.45) is 5.22. The van der Waals surface area contributed by atoms with Gasteiger partial charge < -0.3 is 9.15 Å². The molecule has 1 aliphatic carbocycles. The molecule has 1 heterocycles. The molecule has 0 aliphatic heterocycles. The third-order valence-corrected chi connectivity index (χ3v) is 2.66. The van der Waals surface area contributed by atoms with E-state index in [1.807, 2.05) is 12.1 Å². The van der Waals surface area contributed by atoms with E-state index in [1.54, 1.807) is 13.2 Å². The molecule has 1 aromatic rings. The standard InChI is InChI=1S/C10H12O2.C3H6O2/c11-9-4-1-3-8(7-9)10-5-2-6-12-10;1-2-5-3-4/h2,5-6,8H,1,3-4,7H2;3H,2H2,1H3. The van der Waals surface area contributed by atoms with Crippen molar-refractivity contribution in [3.8, 4) is 0 Å². The predicted octanol–water partition coefficient (Wildman–Crippen LogP) is 2.69. The summed E-state index contributed by atoms with van der Waals surface area (Å²) >= 11 is 0. The number of rotatable bonds is 3. The van der Waals surface area contributed by atoms with Crippen LogP contribution >= 0.6 is 0 Å². The van der Waals surface area contributed by atoms with E-state index in [2.05, 4.69) is 4.74 Å². The topological polar surface area (TPSA) is 56.5 Å². The summed E-state index contributed by atoms with van der Waals surface area (Å²) in [5.74, 6) is 1.70. The summed E-state index contributed by atoms with van der Waals surface area (Å²) in [4.78, 5) is 20.3. The van der Waals surface area contributed by atoms with Crippen molar-refractivity contribution < 1.29 is 18.7 Å². The van der Waals surface area contributed by atoms with Crippen LogP contribution in [-0.2, 0) is 14.3 Å². The number of hydrogen-bond acceptors (Lipinski definition) is 4. The Morgan fingerprint density at radius 1 is 1.59 bits per heavy atom. The van der Waals surface area contributed by atoms with E-state index < -0.39 is 0 Å². The van der Waals surface area contributed by atoms with Gasteiger partial charge in [-0.3, -0.25) is 9.59 Å². The molecule has 2 rings (SSSR count). The van der Waals surface area contributed by atoms with Crippen molar-refractivity contribution in [1.29, 1.82) is 0 Å². The van der Waals surface area contributed by atoms with E-state index in [1.165, 1.54) is 0 Å². The van der Waals surface area contributed by atoms with Gasteiger partial charge in [0.15, 0.2) is 0 Å². The second-order valence-electron chi connectivity index (χ2n) is 3.90. The highest BCUT2D eigenvalue weighted by Gasteiger charge is 2.22. The van der Waals surface area contributed by atoms with Crippen molar-refractivity contribution in [2.75, 3.05) is 6.61 Å². The van der Waals surface area contributed by atoms with Crippen LogP contribution in [0.5, 0.6) is 0 Å². The zero-order valence-electron chi connectivity index (χ0n) is 10.1. The largest absolute Gasteiger partial charge is 0.469 e. The van der Waals surface area contributed by atoms with Crippen LogP contribution in [0.3, 0.4) is 0 Å². The fraction of sp³-hybridized carbons (Fsp3) is 0.538. The average molecular weight is 238 g/mol. The number of Topliss-reactive ketones (excluding diaryl/α,β-unsaturated/α-hetero) is 1. The Labute approximate surface area is 101 Å². The lowest BCUT2D eigenvalue weighted by molar-refractivity contribution is -0.128. The lowest BCUT2D eigenvalue weighted by Crippen LogP contribution is -2.12. The van der Waals surface area contributed by atoms with Gasteiger partial charge in [-0.1, -0.05) is 0 Å². The van der Waals surface area contributed by atoms with Crippen LogP contribution in [0.15, 0.2) is 22.8 Å². The molecule has 0 spiro atoms. The third-order valence-electron chi connectivity index (χ3n) is 2.66. The summed E-state index contributed by atoms with van der Waals surface area (Å²) in [7, 11) is 0. The van der Waals surface area contributed by atoms with Crippen molar-refractivity contribution in [1.82, 2.24) is 0 Å². The quantitative estimate of drug-likeness (QED) is 0.760. The predicted molar refractivity (Wildman–Crippen MR) is 62.6 cm³/mol. The summed E-state index contributed by atoms with van der Waals surface area (Å²) in [5, 5.41) is 0. The van der Waals surface area contributed by atoms with E-state index in [-0.39, 0.29) is 0 Å². The first-order valence-corrected chi connectivity index (χ1v) is 5.88. The minimum atomic E-state index is 0.348. The van der Waals surface area contributed by atoms with Crippen molar-refractivity contribution >= 4 is 12.3 Å². The van der Waals surface area contributed by atoms with Crippen molar-refractivity contribution in [2.45, 2.75) is 38.5 Å². The number of ether oxygens (including phenoxy) is 1. The second-order valence-corrected chi connectivity index (χ2v) is 3.90. The molecule has 0 bridgehead atoms. The number of hydrogen-bond donors (Lipinski definition) is 0. The zero-order valence-corrected chi connectivity index (χ0v) is 10.1. The molecule has 17 heavy (non-hydrogen) atoms. The van der Waals surface area contributed by atoms with E-state index in [0.29, 0.717) is 31.2 Å². The van der Waals surface area contributed by atoms with Gasteiger partial charge in [0.05, 0.1) is 12.9 Å². The molecule has 0 saturated heterocycles. The average Bonchev–Trinajstić information content (AvgIpc) is 2.84. The van der Waals surface area contributed by atoms with Gasteiger partial charge in [-0.25, -0.2) is 0 Å². The van der Waals surface area contributed by atoms with Gasteiger partial charge in [-0.2, -0.15) is 0 Å². The molecule has 1 atom stereocenters. The second kappa shape index (κ2) is 7.65. The normalized spacial score (nSPS) is 19.1. The Morgan fingerprint density at radius 3 is 2.88 bits per heavy atom. The summed E-state index contributed by atoms with van der Waals surface area (Å²) in [6.45, 7) is 2.66. The molecule has 1 fully saturated rings. The molecular weight excluding hydrogens is 220 g/mol. The minimum Gasteiger partial charge on any atom is -0.469 e. The number of carbonyl (C=O) groups excluding carboxylic acids is 2. The molecule has 1 aromatic heterocycles. The molecular formula is C13H18O4. The fourth-order valence-corrected chi connectivity index (χ4v) is 1.86. The summed E-state index contributed by atoms with van der Waals surface area (Å²) in [6, 6.07) is 3.84. The Kier molecular flexibility index (Phi) is 6.07. The first kappa shape index (κ1) is 13.5. The highest BCUT2D eigenvalue weighted by Crippen LogP contribution is 2.30. The van der Waals surface area contributed by atoms with Gasteiger partial charge >= 0.3 is 0 Å². The van der Waals surface area contributed by atoms with Gasteiger partial charge in [0.2, 0.25) is 0 Å². The fourth-order valence-electron chi connectivity index (χ4n) is 1.86. The van der Waals surface area contributed by atoms with Crippen LogP contribution in [0.2, 0.25) is 0 Å². The molecule has 4 nitrogen and oxygen atoms in total. The monoisotopic (exact) mass is 238 g/mol. The minimum absolute atomic E-state index is 0.348. The Morgan fingerprint density at radius 2 is 2.41 bits per heavy atom. The maximum atomic E-state index is 11.1. The van der Waals surface area contributed by atoms with Gasteiger partial charge in [0.1, 0.15) is 11.5 Å². The molecule has 4 heteroatoms. The molecule has 0 N–H and O–H groups in total. The van der Waals surface area contributed by atoms with Crippen LogP contribution in [-0.4, -0.2) is 18.9 Å². The highest BCUT2D eigenvalue weighted by molar-refractivity contribution is 5.79. The molecule has 0 radical (unpaired) electrons. The zero-order chi connectivity index (χ0) is 12.5. The van der Waals surface area contributed by atoms with Crippen LogP contribution in [0, 0.1) is 0 Å². The maximum Gasteiger partial charge on any atom is 0.293 e. The van der Waals surface area contributed by atoms with E-state index >= 15 is 0 Å². The summed E-state index contributed by atoms with van der Waals surface area (Å²) < 4.78 is 9.42. The molecule has 94 valence electrons. The SMILES string of the molecule is CCOC=O.O=C1CCCC(c2ccco2)C1. The molecule has 1 unspecified atom stereocenters. The van der Waals surface area contributed by atoms with E-state index in [9.17, 15) is 9.59 Å². The lowest BCUT2D eigenvalue weighted by atomic mass is 9.87. The molecule has 1 aliphatic rings. The first-order valence-electron chi connectivity index (χ1n) is 5.88. The van der Waals surface area contributed by atoms with Gasteiger partial charge in [0, 0.05) is 18.8 Å². The lowest BCUT2D eigenvalue weighted by Gasteiger charge is -2.18. The smallest absolute Gasteiger partial charge is 0.293 e. The van der Waals surface area contributed by atoms with Crippen molar-refractivity contribution in [2.24, 2.45) is 0 Å². The maximum absolute atomic E-state index is 11.1. The number of furan rings is 1. The third kappa shape index (κ3) is 4.85. The van der Waals surface area contributed by atoms with Crippen LogP contribution in [0.25, 0.3) is 0 Å². The van der Waals surface area contributed by atoms with Crippen LogP contribution in [0.1, 0.15) is 44.3 Å². The Balaban J connectivity index is 0.000000249. The van der Waals surface area contributed by atoms with E-state index in [4.69, 9.17) is 4.42 Å². The molecule has 0 amide bonds. The Hall–Kier alpha value is -1.58. The number of carbonyl (C=O) groups is 2. The van der Waals surface area contributed by atoms with Gasteiger partial charge in [-0.05, 0) is 31.9 Å². The van der Waals surface area contributed by atoms with E-state index in [0.717, 1.165) is 25.0 Å². The first-order chi connectivity index (χ1) is 8.27. The van der Waals surface area contributed by atoms with Crippen molar-refractivity contribution in [3.63, 3.8) is 0 Å². The molecule has 1 saturated carbocycles. The van der Waals surface area contributed by atoms with Crippen LogP contribution in [0.4, 0.5) is 0 Å². The van der Waals surface area contributed by atoms with Gasteiger partial charge in [0.25, 0.3) is 6.47 Å². The summed E-state index contributed by atoms with van der Waals surface area (Å²) in [5.41, 5.74) is 0.